The number of likely N-dealkylation sites (tertiary alicyclic amines) is 1. The zero-order valence-electron chi connectivity index (χ0n) is 28.7. The highest BCUT2D eigenvalue weighted by Gasteiger charge is 2.38. The summed E-state index contributed by atoms with van der Waals surface area (Å²) in [7, 11) is 0. The predicted molar refractivity (Wildman–Crippen MR) is 201 cm³/mol. The number of thioether (sulfide) groups is 1. The van der Waals surface area contributed by atoms with Crippen LogP contribution in [0.15, 0.2) is 134 Å². The molecule has 1 aliphatic heterocycles. The number of alkyl carbamates (subject to hydrolysis) is 1. The van der Waals surface area contributed by atoms with Gasteiger partial charge in [0.05, 0.1) is 12.0 Å². The van der Waals surface area contributed by atoms with Gasteiger partial charge in [0.15, 0.2) is 0 Å². The summed E-state index contributed by atoms with van der Waals surface area (Å²) in [5, 5.41) is 2.90. The first kappa shape index (κ1) is 35.0. The molecule has 5 aromatic rings. The number of carbonyl (C=O) groups excluding carboxylic acids is 2. The van der Waals surface area contributed by atoms with Crippen molar-refractivity contribution >= 4 is 23.8 Å². The zero-order chi connectivity index (χ0) is 34.6. The molecular formula is C42H46N4O3S. The SMILES string of the molecule is CCC1CCN(C(=O)[C@H](CCSCc2cn(C(c3ccccc3)(c3ccccc3)c3ccccc3)cn2)NC(=O)OCc2ccccc2)CC1. The highest BCUT2D eigenvalue weighted by molar-refractivity contribution is 7.98. The Hall–Kier alpha value is -4.82. The molecule has 1 aromatic heterocycles. The highest BCUT2D eigenvalue weighted by atomic mass is 32.2. The molecule has 1 N–H and O–H groups in total. The Labute approximate surface area is 300 Å². The molecule has 0 saturated carbocycles. The molecule has 1 atom stereocenters. The third-order valence-corrected chi connectivity index (χ3v) is 10.7. The second kappa shape index (κ2) is 17.2. The summed E-state index contributed by atoms with van der Waals surface area (Å²) < 4.78 is 7.73. The molecule has 0 spiro atoms. The van der Waals surface area contributed by atoms with Gasteiger partial charge < -0.3 is 19.5 Å². The van der Waals surface area contributed by atoms with Crippen molar-refractivity contribution in [1.29, 1.82) is 0 Å². The van der Waals surface area contributed by atoms with Gasteiger partial charge in [-0.3, -0.25) is 4.79 Å². The number of rotatable bonds is 14. The van der Waals surface area contributed by atoms with Crippen molar-refractivity contribution in [3.8, 4) is 0 Å². The van der Waals surface area contributed by atoms with Crippen LogP contribution in [0.2, 0.25) is 0 Å². The minimum Gasteiger partial charge on any atom is -0.445 e. The van der Waals surface area contributed by atoms with Crippen LogP contribution >= 0.6 is 11.8 Å². The lowest BCUT2D eigenvalue weighted by Gasteiger charge is -2.37. The van der Waals surface area contributed by atoms with E-state index in [0.29, 0.717) is 23.8 Å². The van der Waals surface area contributed by atoms with E-state index in [1.807, 2.05) is 59.8 Å². The molecule has 50 heavy (non-hydrogen) atoms. The second-order valence-electron chi connectivity index (χ2n) is 12.9. The number of carbonyl (C=O) groups is 2. The predicted octanol–water partition coefficient (Wildman–Crippen LogP) is 8.29. The van der Waals surface area contributed by atoms with Crippen LogP contribution in [-0.2, 0) is 27.4 Å². The lowest BCUT2D eigenvalue weighted by molar-refractivity contribution is -0.134. The van der Waals surface area contributed by atoms with Crippen molar-refractivity contribution in [3.05, 3.63) is 162 Å². The van der Waals surface area contributed by atoms with E-state index < -0.39 is 17.7 Å². The van der Waals surface area contributed by atoms with Gasteiger partial charge in [0.25, 0.3) is 0 Å². The lowest BCUT2D eigenvalue weighted by atomic mass is 9.77. The van der Waals surface area contributed by atoms with E-state index in [-0.39, 0.29) is 12.5 Å². The van der Waals surface area contributed by atoms with E-state index in [1.54, 1.807) is 11.8 Å². The molecule has 0 aliphatic carbocycles. The number of imidazole rings is 1. The van der Waals surface area contributed by atoms with Gasteiger partial charge in [0, 0.05) is 25.0 Å². The fourth-order valence-electron chi connectivity index (χ4n) is 6.93. The van der Waals surface area contributed by atoms with Crippen LogP contribution in [0, 0.1) is 5.92 Å². The van der Waals surface area contributed by atoms with Crippen LogP contribution in [0.4, 0.5) is 4.79 Å². The smallest absolute Gasteiger partial charge is 0.408 e. The van der Waals surface area contributed by atoms with Crippen LogP contribution in [0.25, 0.3) is 0 Å². The van der Waals surface area contributed by atoms with Gasteiger partial charge in [0.1, 0.15) is 18.2 Å². The van der Waals surface area contributed by atoms with Gasteiger partial charge in [-0.15, -0.1) is 0 Å². The Morgan fingerprint density at radius 1 is 0.840 bits per heavy atom. The number of nitrogens with zero attached hydrogens (tertiary/aromatic N) is 3. The molecule has 8 heteroatoms. The van der Waals surface area contributed by atoms with E-state index in [1.165, 1.54) is 0 Å². The van der Waals surface area contributed by atoms with E-state index in [4.69, 9.17) is 9.72 Å². The van der Waals surface area contributed by atoms with E-state index in [2.05, 4.69) is 95.8 Å². The molecule has 2 amide bonds. The first-order valence-corrected chi connectivity index (χ1v) is 18.8. The molecule has 2 heterocycles. The Balaban J connectivity index is 1.16. The average molecular weight is 687 g/mol. The number of amides is 2. The largest absolute Gasteiger partial charge is 0.445 e. The molecule has 0 unspecified atom stereocenters. The van der Waals surface area contributed by atoms with Crippen LogP contribution in [-0.4, -0.2) is 51.3 Å². The van der Waals surface area contributed by atoms with Crippen molar-refractivity contribution in [2.75, 3.05) is 18.8 Å². The summed E-state index contributed by atoms with van der Waals surface area (Å²) in [6.07, 6.45) is 7.13. The minimum absolute atomic E-state index is 0.0283. The molecule has 0 radical (unpaired) electrons. The quantitative estimate of drug-likeness (QED) is 0.0940. The van der Waals surface area contributed by atoms with Crippen molar-refractivity contribution in [3.63, 3.8) is 0 Å². The minimum atomic E-state index is -0.650. The summed E-state index contributed by atoms with van der Waals surface area (Å²) in [6.45, 7) is 3.82. The van der Waals surface area contributed by atoms with E-state index in [0.717, 1.165) is 60.3 Å². The van der Waals surface area contributed by atoms with Crippen LogP contribution < -0.4 is 5.32 Å². The average Bonchev–Trinajstić information content (AvgIpc) is 3.66. The van der Waals surface area contributed by atoms with Crippen LogP contribution in [0.5, 0.6) is 0 Å². The lowest BCUT2D eigenvalue weighted by Crippen LogP contribution is -2.51. The molecule has 0 bridgehead atoms. The van der Waals surface area contributed by atoms with Crippen LogP contribution in [0.1, 0.15) is 60.6 Å². The van der Waals surface area contributed by atoms with E-state index in [9.17, 15) is 9.59 Å². The van der Waals surface area contributed by atoms with Gasteiger partial charge in [0.2, 0.25) is 5.91 Å². The summed E-state index contributed by atoms with van der Waals surface area (Å²) in [5.74, 6) is 1.97. The number of hydrogen-bond donors (Lipinski definition) is 1. The fraction of sp³-hybridized carbons (Fsp3) is 0.310. The van der Waals surface area contributed by atoms with Crippen molar-refractivity contribution in [2.45, 2.75) is 56.5 Å². The standard InChI is InChI=1S/C42H46N4O3S/c1-2-33-23-26-45(27-24-33)40(47)39(44-41(48)49-30-34-15-7-3-8-16-34)25-28-50-31-38-29-46(32-43-38)42(35-17-9-4-10-18-35,36-19-11-5-12-20-36)37-21-13-6-14-22-37/h3-22,29,32-33,39H,2,23-28,30-31H2,1H3,(H,44,48)/t39-/m0/s1. The molecule has 1 aliphatic rings. The Morgan fingerprint density at radius 2 is 1.38 bits per heavy atom. The number of hydrogen-bond acceptors (Lipinski definition) is 5. The van der Waals surface area contributed by atoms with Crippen molar-refractivity contribution in [2.24, 2.45) is 5.92 Å². The summed E-state index contributed by atoms with van der Waals surface area (Å²) >= 11 is 1.71. The van der Waals surface area contributed by atoms with Gasteiger partial charge in [-0.05, 0) is 53.2 Å². The van der Waals surface area contributed by atoms with Gasteiger partial charge in [-0.25, -0.2) is 9.78 Å². The Kier molecular flexibility index (Phi) is 12.1. The van der Waals surface area contributed by atoms with Gasteiger partial charge in [-0.2, -0.15) is 11.8 Å². The second-order valence-corrected chi connectivity index (χ2v) is 14.0. The fourth-order valence-corrected chi connectivity index (χ4v) is 7.84. The maximum Gasteiger partial charge on any atom is 0.408 e. The molecule has 1 fully saturated rings. The summed E-state index contributed by atoms with van der Waals surface area (Å²) in [5.41, 5.74) is 4.66. The first-order chi connectivity index (χ1) is 24.6. The normalized spacial score (nSPS) is 14.2. The van der Waals surface area contributed by atoms with Gasteiger partial charge >= 0.3 is 6.09 Å². The first-order valence-electron chi connectivity index (χ1n) is 17.6. The maximum atomic E-state index is 13.7. The number of ether oxygens (including phenoxy) is 1. The molecule has 7 nitrogen and oxygen atoms in total. The summed E-state index contributed by atoms with van der Waals surface area (Å²) in [6, 6.07) is 40.6. The molecule has 4 aromatic carbocycles. The molecule has 6 rings (SSSR count). The van der Waals surface area contributed by atoms with Gasteiger partial charge in [-0.1, -0.05) is 135 Å². The highest BCUT2D eigenvalue weighted by Crippen LogP contribution is 2.41. The topological polar surface area (TPSA) is 76.5 Å². The number of piperidine rings is 1. The number of nitrogens with one attached hydrogen (secondary N) is 1. The molecule has 258 valence electrons. The Morgan fingerprint density at radius 3 is 1.92 bits per heavy atom. The van der Waals surface area contributed by atoms with Crippen LogP contribution in [0.3, 0.4) is 0 Å². The van der Waals surface area contributed by atoms with Crippen molar-refractivity contribution in [1.82, 2.24) is 19.8 Å². The third-order valence-electron chi connectivity index (χ3n) is 9.71. The number of benzene rings is 4. The monoisotopic (exact) mass is 686 g/mol. The Bertz CT molecular complexity index is 1680. The summed E-state index contributed by atoms with van der Waals surface area (Å²) in [4.78, 5) is 33.4. The maximum absolute atomic E-state index is 13.7. The van der Waals surface area contributed by atoms with E-state index >= 15 is 0 Å². The van der Waals surface area contributed by atoms with Crippen molar-refractivity contribution < 1.29 is 14.3 Å². The zero-order valence-corrected chi connectivity index (χ0v) is 29.5. The molecule has 1 saturated heterocycles. The molecular weight excluding hydrogens is 641 g/mol. The number of aromatic nitrogens is 2. The third kappa shape index (κ3) is 8.30.